The van der Waals surface area contributed by atoms with E-state index in [0.717, 1.165) is 57.8 Å². The quantitative estimate of drug-likeness (QED) is 0.0297. The molecule has 0 spiro atoms. The molecule has 4 rings (SSSR count). The first-order valence-corrected chi connectivity index (χ1v) is 25.3. The molecule has 4 aromatic rings. The monoisotopic (exact) mass is 1010 g/mol. The Morgan fingerprint density at radius 1 is 0.444 bits per heavy atom. The smallest absolute Gasteiger partial charge is 0.347 e. The maximum Gasteiger partial charge on any atom is 0.347 e. The number of rotatable bonds is 33. The van der Waals surface area contributed by atoms with Crippen LogP contribution in [-0.4, -0.2) is 124 Å². The van der Waals surface area contributed by atoms with E-state index >= 15 is 0 Å². The molecule has 396 valence electrons. The molecule has 0 bridgehead atoms. The van der Waals surface area contributed by atoms with Crippen LogP contribution in [0.3, 0.4) is 0 Å². The third kappa shape index (κ3) is 18.4. The minimum Gasteiger partial charge on any atom is -0.507 e. The number of esters is 3. The maximum atomic E-state index is 12.9. The molecule has 1 heterocycles. The summed E-state index contributed by atoms with van der Waals surface area (Å²) in [4.78, 5) is 52.6. The summed E-state index contributed by atoms with van der Waals surface area (Å²) >= 11 is 0. The minimum atomic E-state index is -1.03. The zero-order valence-corrected chi connectivity index (χ0v) is 43.3. The number of phenolic OH excluding ortho intramolecular Hbond substituents is 3. The normalized spacial score (nSPS) is 13.8. The van der Waals surface area contributed by atoms with E-state index in [9.17, 15) is 29.7 Å². The average molecular weight is 1010 g/mol. The van der Waals surface area contributed by atoms with Gasteiger partial charge in [0.15, 0.2) is 35.8 Å². The molecule has 0 saturated heterocycles. The Balaban J connectivity index is 1.63. The number of aromatic hydroxyl groups is 3. The Bertz CT molecular complexity index is 2050. The lowest BCUT2D eigenvalue weighted by Crippen LogP contribution is -2.30. The average Bonchev–Trinajstić information content (AvgIpc) is 3.36. The Morgan fingerprint density at radius 2 is 0.708 bits per heavy atom. The second-order valence-electron chi connectivity index (χ2n) is 17.2. The van der Waals surface area contributed by atoms with Gasteiger partial charge in [0.25, 0.3) is 0 Å². The summed E-state index contributed by atoms with van der Waals surface area (Å²) in [6.07, 6.45) is 4.19. The molecule has 0 radical (unpaired) electrons. The first-order chi connectivity index (χ1) is 34.6. The summed E-state index contributed by atoms with van der Waals surface area (Å²) in [6, 6.07) is 12.9. The van der Waals surface area contributed by atoms with E-state index < -0.39 is 36.2 Å². The summed E-state index contributed by atoms with van der Waals surface area (Å²) in [5, 5.41) is 34.2. The van der Waals surface area contributed by atoms with Crippen LogP contribution >= 0.6 is 0 Å². The van der Waals surface area contributed by atoms with Crippen LogP contribution < -0.4 is 14.2 Å². The Hall–Kier alpha value is -6.24. The van der Waals surface area contributed by atoms with Crippen LogP contribution in [0.1, 0.15) is 120 Å². The van der Waals surface area contributed by atoms with E-state index in [4.69, 9.17) is 42.6 Å². The van der Waals surface area contributed by atoms with E-state index in [1.807, 2.05) is 20.8 Å². The molecule has 3 N–H and O–H groups in total. The minimum absolute atomic E-state index is 0.0682. The van der Waals surface area contributed by atoms with Gasteiger partial charge < -0.3 is 58.0 Å². The standard InChI is InChI=1S/C54H75N3O15/c1-10-16-19-40(64-13-4)31-67-52(61)34(7)70-37-22-25-43(46(58)28-37)49-55-50(44-26-23-38(29-47(44)59)71-35(8)53(62)68-32-41(65-14-5)20-17-11-2)57-51(56-49)45-27-24-39(30-48(45)60)72-36(9)54(63)69-33-42(66-15-6)21-18-12-3/h22-30,34-36,40-42,58-60H,10-21,31-33H2,1-9H3. The Kier molecular flexibility index (Phi) is 24.8. The zero-order chi connectivity index (χ0) is 52.6. The molecule has 0 saturated carbocycles. The molecule has 18 heteroatoms. The molecule has 0 aliphatic carbocycles. The number of ether oxygens (including phenoxy) is 9. The van der Waals surface area contributed by atoms with Crippen LogP contribution in [0.15, 0.2) is 54.6 Å². The first-order valence-electron chi connectivity index (χ1n) is 25.3. The van der Waals surface area contributed by atoms with Gasteiger partial charge in [-0.05, 0) is 97.2 Å². The largest absolute Gasteiger partial charge is 0.507 e. The molecule has 3 aromatic carbocycles. The number of phenols is 3. The first kappa shape index (κ1) is 58.3. The van der Waals surface area contributed by atoms with Crippen molar-refractivity contribution in [1.29, 1.82) is 0 Å². The van der Waals surface area contributed by atoms with E-state index in [2.05, 4.69) is 35.7 Å². The SMILES string of the molecule is CCCCC(COC(=O)C(C)Oc1ccc(-c2nc(-c3ccc(OC(C)C(=O)OCC(CCCC)OCC)cc3O)nc(-c3ccc(OC(C)C(=O)OCC(CCCC)OCC)cc3O)n2)c(O)c1)OCC. The van der Waals surface area contributed by atoms with Gasteiger partial charge in [0.2, 0.25) is 0 Å². The number of hydrogen-bond acceptors (Lipinski definition) is 18. The van der Waals surface area contributed by atoms with E-state index in [0.29, 0.717) is 19.8 Å². The number of benzene rings is 3. The van der Waals surface area contributed by atoms with Crippen LogP contribution in [-0.2, 0) is 42.8 Å². The van der Waals surface area contributed by atoms with Crippen molar-refractivity contribution in [1.82, 2.24) is 15.0 Å². The maximum absolute atomic E-state index is 12.9. The molecule has 1 aromatic heterocycles. The van der Waals surface area contributed by atoms with Crippen molar-refractivity contribution >= 4 is 17.9 Å². The van der Waals surface area contributed by atoms with Crippen LogP contribution in [0.25, 0.3) is 34.2 Å². The van der Waals surface area contributed by atoms with E-state index in [1.54, 1.807) is 0 Å². The van der Waals surface area contributed by atoms with Gasteiger partial charge in [0.05, 0.1) is 35.0 Å². The van der Waals surface area contributed by atoms with Crippen LogP contribution in [0.2, 0.25) is 0 Å². The summed E-state index contributed by atoms with van der Waals surface area (Å²) in [5.41, 5.74) is 0.331. The molecular weight excluding hydrogens is 931 g/mol. The molecule has 72 heavy (non-hydrogen) atoms. The fraction of sp³-hybridized carbons (Fsp3) is 0.556. The number of nitrogens with zero attached hydrogens (tertiary/aromatic N) is 3. The zero-order valence-electron chi connectivity index (χ0n) is 43.3. The summed E-state index contributed by atoms with van der Waals surface area (Å²) < 4.78 is 51.2. The lowest BCUT2D eigenvalue weighted by molar-refractivity contribution is -0.156. The summed E-state index contributed by atoms with van der Waals surface area (Å²) in [6.45, 7) is 18.2. The molecule has 0 aliphatic heterocycles. The van der Waals surface area contributed by atoms with E-state index in [1.165, 1.54) is 75.4 Å². The highest BCUT2D eigenvalue weighted by atomic mass is 16.6. The summed E-state index contributed by atoms with van der Waals surface area (Å²) in [7, 11) is 0. The number of carbonyl (C=O) groups is 3. The van der Waals surface area contributed by atoms with Gasteiger partial charge in [-0.3, -0.25) is 0 Å². The molecular formula is C54H75N3O15. The fourth-order valence-electron chi connectivity index (χ4n) is 7.34. The van der Waals surface area contributed by atoms with Crippen molar-refractivity contribution in [3.05, 3.63) is 54.6 Å². The molecule has 0 fully saturated rings. The Labute approximate surface area is 423 Å². The topological polar surface area (TPSA) is 234 Å². The predicted molar refractivity (Wildman–Crippen MR) is 269 cm³/mol. The van der Waals surface area contributed by atoms with Crippen molar-refractivity contribution in [3.63, 3.8) is 0 Å². The highest BCUT2D eigenvalue weighted by Crippen LogP contribution is 2.38. The van der Waals surface area contributed by atoms with Gasteiger partial charge in [0, 0.05) is 38.0 Å². The lowest BCUT2D eigenvalue weighted by Gasteiger charge is -2.19. The third-order valence-electron chi connectivity index (χ3n) is 11.3. The number of hydrogen-bond donors (Lipinski definition) is 3. The van der Waals surface area contributed by atoms with Crippen LogP contribution in [0.4, 0.5) is 0 Å². The molecule has 18 nitrogen and oxygen atoms in total. The molecule has 6 atom stereocenters. The molecule has 0 aliphatic rings. The van der Waals surface area contributed by atoms with Crippen molar-refractivity contribution in [3.8, 4) is 68.7 Å². The number of carbonyl (C=O) groups excluding carboxylic acids is 3. The number of aromatic nitrogens is 3. The summed E-state index contributed by atoms with van der Waals surface area (Å²) in [5.74, 6) is -2.56. The number of unbranched alkanes of at least 4 members (excludes halogenated alkanes) is 3. The van der Waals surface area contributed by atoms with Crippen molar-refractivity contribution in [2.45, 2.75) is 157 Å². The van der Waals surface area contributed by atoms with Gasteiger partial charge in [-0.1, -0.05) is 59.3 Å². The van der Waals surface area contributed by atoms with Crippen molar-refractivity contribution in [2.24, 2.45) is 0 Å². The van der Waals surface area contributed by atoms with Gasteiger partial charge in [-0.15, -0.1) is 0 Å². The van der Waals surface area contributed by atoms with Crippen molar-refractivity contribution < 1.29 is 72.3 Å². The third-order valence-corrected chi connectivity index (χ3v) is 11.3. The van der Waals surface area contributed by atoms with Crippen LogP contribution in [0, 0.1) is 0 Å². The van der Waals surface area contributed by atoms with Crippen LogP contribution in [0.5, 0.6) is 34.5 Å². The molecule has 6 unspecified atom stereocenters. The van der Waals surface area contributed by atoms with Gasteiger partial charge >= 0.3 is 17.9 Å². The van der Waals surface area contributed by atoms with Crippen molar-refractivity contribution in [2.75, 3.05) is 39.6 Å². The molecule has 0 amide bonds. The highest BCUT2D eigenvalue weighted by Gasteiger charge is 2.25. The van der Waals surface area contributed by atoms with Gasteiger partial charge in [-0.2, -0.15) is 0 Å². The lowest BCUT2D eigenvalue weighted by atomic mass is 10.1. The van der Waals surface area contributed by atoms with E-state index in [-0.39, 0.29) is 107 Å². The fourth-order valence-corrected chi connectivity index (χ4v) is 7.34. The van der Waals surface area contributed by atoms with Gasteiger partial charge in [0.1, 0.15) is 54.3 Å². The predicted octanol–water partition coefficient (Wildman–Crippen LogP) is 9.71. The second-order valence-corrected chi connectivity index (χ2v) is 17.2. The highest BCUT2D eigenvalue weighted by molar-refractivity contribution is 5.77. The van der Waals surface area contributed by atoms with Gasteiger partial charge in [-0.25, -0.2) is 29.3 Å². The second kappa shape index (κ2) is 30.6. The Morgan fingerprint density at radius 3 is 0.931 bits per heavy atom.